The van der Waals surface area contributed by atoms with Crippen LogP contribution in [0, 0.1) is 6.42 Å². The zero-order valence-electron chi connectivity index (χ0n) is 5.17. The maximum Gasteiger partial charge on any atom is 0.0416 e. The Morgan fingerprint density at radius 2 is 1.89 bits per heavy atom. The zero-order valence-corrected chi connectivity index (χ0v) is 5.17. The van der Waals surface area contributed by atoms with Crippen LogP contribution in [-0.2, 0) is 0 Å². The standard InChI is InChI=1S/C9H8/c1-2-6-9-7-4-3-5-8-9/h2-5,7-8H,1H2. The van der Waals surface area contributed by atoms with Crippen molar-refractivity contribution >= 4 is 0 Å². The normalized spacial score (nSPS) is 8.89. The van der Waals surface area contributed by atoms with Crippen LogP contribution in [0.4, 0.5) is 0 Å². The number of hydrogen-bond acceptors (Lipinski definition) is 0. The van der Waals surface area contributed by atoms with E-state index in [-0.39, 0.29) is 0 Å². The van der Waals surface area contributed by atoms with Crippen LogP contribution in [0.25, 0.3) is 0 Å². The summed E-state index contributed by atoms with van der Waals surface area (Å²) in [6.07, 6.45) is 4.63. The number of allylic oxidation sites excluding steroid dienone is 1. The molecule has 0 aliphatic heterocycles. The van der Waals surface area contributed by atoms with Crippen molar-refractivity contribution in [3.63, 3.8) is 0 Å². The predicted octanol–water partition coefficient (Wildman–Crippen LogP) is 2.30. The highest BCUT2D eigenvalue weighted by molar-refractivity contribution is 5.26. The first-order valence-corrected chi connectivity index (χ1v) is 2.86. The Bertz CT molecular complexity index is 174. The van der Waals surface area contributed by atoms with Gasteiger partial charge in [0.15, 0.2) is 0 Å². The molecule has 2 radical (unpaired) electrons. The summed E-state index contributed by atoms with van der Waals surface area (Å²) in [6, 6.07) is 9.91. The summed E-state index contributed by atoms with van der Waals surface area (Å²) in [6.45, 7) is 3.54. The molecule has 0 heterocycles. The molecule has 0 N–H and O–H groups in total. The van der Waals surface area contributed by atoms with Gasteiger partial charge in [-0.3, -0.25) is 0 Å². The van der Waals surface area contributed by atoms with Crippen molar-refractivity contribution in [3.8, 4) is 0 Å². The maximum atomic E-state index is 3.54. The van der Waals surface area contributed by atoms with E-state index < -0.39 is 0 Å². The summed E-state index contributed by atoms with van der Waals surface area (Å²) in [7, 11) is 0. The van der Waals surface area contributed by atoms with Crippen molar-refractivity contribution < 1.29 is 0 Å². The molecule has 0 aliphatic carbocycles. The van der Waals surface area contributed by atoms with Gasteiger partial charge >= 0.3 is 0 Å². The third-order valence-corrected chi connectivity index (χ3v) is 1.04. The van der Waals surface area contributed by atoms with E-state index in [9.17, 15) is 0 Å². The van der Waals surface area contributed by atoms with Crippen molar-refractivity contribution in [1.82, 2.24) is 0 Å². The van der Waals surface area contributed by atoms with Gasteiger partial charge in [-0.15, -0.1) is 6.58 Å². The van der Waals surface area contributed by atoms with Crippen LogP contribution < -0.4 is 0 Å². The highest BCUT2D eigenvalue weighted by atomic mass is 13.9. The minimum Gasteiger partial charge on any atom is -0.102 e. The SMILES string of the molecule is C=C[C]c1ccccc1. The third kappa shape index (κ3) is 1.73. The van der Waals surface area contributed by atoms with Gasteiger partial charge < -0.3 is 0 Å². The molecule has 0 nitrogen and oxygen atoms in total. The molecule has 0 unspecified atom stereocenters. The molecular weight excluding hydrogens is 108 g/mol. The smallest absolute Gasteiger partial charge is 0.0416 e. The van der Waals surface area contributed by atoms with Crippen molar-refractivity contribution in [1.29, 1.82) is 0 Å². The molecule has 0 heteroatoms. The molecule has 0 spiro atoms. The molecule has 1 aromatic rings. The number of hydrogen-bond donors (Lipinski definition) is 0. The lowest BCUT2D eigenvalue weighted by molar-refractivity contribution is 1.53. The minimum atomic E-state index is 1.08. The Labute approximate surface area is 55.8 Å². The van der Waals surface area contributed by atoms with E-state index in [4.69, 9.17) is 0 Å². The number of rotatable bonds is 2. The van der Waals surface area contributed by atoms with Crippen LogP contribution >= 0.6 is 0 Å². The lowest BCUT2D eigenvalue weighted by Gasteiger charge is -1.89. The van der Waals surface area contributed by atoms with E-state index in [1.807, 2.05) is 30.3 Å². The first-order chi connectivity index (χ1) is 4.43. The van der Waals surface area contributed by atoms with E-state index in [0.29, 0.717) is 0 Å². The molecule has 0 amide bonds. The van der Waals surface area contributed by atoms with Gasteiger partial charge in [0.25, 0.3) is 0 Å². The molecule has 0 bridgehead atoms. The molecule has 9 heavy (non-hydrogen) atoms. The van der Waals surface area contributed by atoms with Gasteiger partial charge in [-0.05, 0) is 5.56 Å². The number of benzene rings is 1. The first kappa shape index (κ1) is 6.09. The van der Waals surface area contributed by atoms with Crippen LogP contribution in [0.5, 0.6) is 0 Å². The summed E-state index contributed by atoms with van der Waals surface area (Å²) >= 11 is 0. The second kappa shape index (κ2) is 3.08. The fourth-order valence-electron chi connectivity index (χ4n) is 0.652. The monoisotopic (exact) mass is 116 g/mol. The van der Waals surface area contributed by atoms with Crippen molar-refractivity contribution in [2.24, 2.45) is 0 Å². The largest absolute Gasteiger partial charge is 0.102 e. The van der Waals surface area contributed by atoms with E-state index >= 15 is 0 Å². The Hall–Kier alpha value is -1.04. The van der Waals surface area contributed by atoms with Crippen LogP contribution in [0.2, 0.25) is 0 Å². The fraction of sp³-hybridized carbons (Fsp3) is 0. The Morgan fingerprint density at radius 1 is 1.22 bits per heavy atom. The van der Waals surface area contributed by atoms with Gasteiger partial charge in [-0.1, -0.05) is 36.4 Å². The van der Waals surface area contributed by atoms with Crippen LogP contribution in [0.1, 0.15) is 5.56 Å². The highest BCUT2D eigenvalue weighted by Crippen LogP contribution is 2.00. The molecule has 0 fully saturated rings. The van der Waals surface area contributed by atoms with Gasteiger partial charge in [-0.25, -0.2) is 0 Å². The molecule has 0 saturated heterocycles. The third-order valence-electron chi connectivity index (χ3n) is 1.04. The summed E-state index contributed by atoms with van der Waals surface area (Å²) in [4.78, 5) is 0. The Kier molecular flexibility index (Phi) is 2.08. The van der Waals surface area contributed by atoms with Gasteiger partial charge in [-0.2, -0.15) is 0 Å². The molecule has 0 saturated carbocycles. The molecule has 0 atom stereocenters. The molecule has 1 aromatic carbocycles. The van der Waals surface area contributed by atoms with E-state index in [0.717, 1.165) is 5.56 Å². The Morgan fingerprint density at radius 3 is 2.44 bits per heavy atom. The molecule has 0 aliphatic rings. The van der Waals surface area contributed by atoms with Crippen molar-refractivity contribution in [2.75, 3.05) is 0 Å². The van der Waals surface area contributed by atoms with E-state index in [1.54, 1.807) is 6.08 Å². The van der Waals surface area contributed by atoms with Crippen LogP contribution in [0.15, 0.2) is 43.0 Å². The molecular formula is C9H8. The maximum absolute atomic E-state index is 3.54. The van der Waals surface area contributed by atoms with Gasteiger partial charge in [0.1, 0.15) is 0 Å². The van der Waals surface area contributed by atoms with E-state index in [2.05, 4.69) is 13.0 Å². The summed E-state index contributed by atoms with van der Waals surface area (Å²) in [5.41, 5.74) is 1.08. The average molecular weight is 116 g/mol. The molecule has 1 rings (SSSR count). The summed E-state index contributed by atoms with van der Waals surface area (Å²) in [5, 5.41) is 0. The Balaban J connectivity index is 2.72. The fourth-order valence-corrected chi connectivity index (χ4v) is 0.652. The van der Waals surface area contributed by atoms with Gasteiger partial charge in [0, 0.05) is 6.42 Å². The minimum absolute atomic E-state index is 1.08. The highest BCUT2D eigenvalue weighted by Gasteiger charge is 1.83. The van der Waals surface area contributed by atoms with Crippen molar-refractivity contribution in [3.05, 3.63) is 55.0 Å². The summed E-state index contributed by atoms with van der Waals surface area (Å²) < 4.78 is 0. The first-order valence-electron chi connectivity index (χ1n) is 2.86. The van der Waals surface area contributed by atoms with E-state index in [1.165, 1.54) is 0 Å². The van der Waals surface area contributed by atoms with Crippen LogP contribution in [-0.4, -0.2) is 0 Å². The molecule has 0 aromatic heterocycles. The second-order valence-electron chi connectivity index (χ2n) is 1.71. The van der Waals surface area contributed by atoms with Gasteiger partial charge in [0.05, 0.1) is 0 Å². The topological polar surface area (TPSA) is 0 Å². The average Bonchev–Trinajstić information content (AvgIpc) is 1.91. The second-order valence-corrected chi connectivity index (χ2v) is 1.71. The van der Waals surface area contributed by atoms with Crippen LogP contribution in [0.3, 0.4) is 0 Å². The molecule has 44 valence electrons. The van der Waals surface area contributed by atoms with Crippen molar-refractivity contribution in [2.45, 2.75) is 0 Å². The lowest BCUT2D eigenvalue weighted by Crippen LogP contribution is -1.72. The van der Waals surface area contributed by atoms with Gasteiger partial charge in [0.2, 0.25) is 0 Å². The zero-order chi connectivity index (χ0) is 6.53. The predicted molar refractivity (Wildman–Crippen MR) is 39.0 cm³/mol. The lowest BCUT2D eigenvalue weighted by atomic mass is 10.2. The quantitative estimate of drug-likeness (QED) is 0.556. The summed E-state index contributed by atoms with van der Waals surface area (Å²) in [5.74, 6) is 0.